The maximum absolute atomic E-state index is 6.09. The van der Waals surface area contributed by atoms with Crippen LogP contribution in [0.15, 0.2) is 17.3 Å². The lowest BCUT2D eigenvalue weighted by Crippen LogP contribution is -1.91. The highest BCUT2D eigenvalue weighted by Gasteiger charge is 2.08. The van der Waals surface area contributed by atoms with Crippen LogP contribution in [-0.2, 0) is 0 Å². The van der Waals surface area contributed by atoms with Gasteiger partial charge in [0.05, 0.1) is 5.52 Å². The molecule has 0 aliphatic rings. The van der Waals surface area contributed by atoms with Gasteiger partial charge in [-0.1, -0.05) is 35.0 Å². The average Bonchev–Trinajstić information content (AvgIpc) is 2.15. The van der Waals surface area contributed by atoms with E-state index < -0.39 is 0 Å². The lowest BCUT2D eigenvalue weighted by molar-refractivity contribution is 1.01. The molecule has 0 spiro atoms. The average molecular weight is 259 g/mol. The zero-order valence-corrected chi connectivity index (χ0v) is 10.5. The lowest BCUT2D eigenvalue weighted by atomic mass is 10.1. The minimum atomic E-state index is 0.485. The Labute approximate surface area is 102 Å². The standard InChI is InChI=1S/C10H8Cl2N2S/c1-5-3-6(11)4-7-8(5)9(12)14-10(13-7)15-2/h3-4H,1-2H3. The van der Waals surface area contributed by atoms with Gasteiger partial charge in [-0.25, -0.2) is 9.97 Å². The third kappa shape index (κ3) is 2.05. The van der Waals surface area contributed by atoms with E-state index in [2.05, 4.69) is 9.97 Å². The first-order chi connectivity index (χ1) is 7.11. The molecular formula is C10H8Cl2N2S. The molecule has 0 unspecified atom stereocenters. The Hall–Kier alpha value is -0.510. The second-order valence-corrected chi connectivity index (χ2v) is 4.69. The third-order valence-electron chi connectivity index (χ3n) is 2.08. The molecule has 15 heavy (non-hydrogen) atoms. The fourth-order valence-corrected chi connectivity index (χ4v) is 2.46. The number of halogens is 2. The Bertz CT molecular complexity index is 528. The van der Waals surface area contributed by atoms with Crippen molar-refractivity contribution in [1.82, 2.24) is 9.97 Å². The summed E-state index contributed by atoms with van der Waals surface area (Å²) in [6.07, 6.45) is 1.91. The summed E-state index contributed by atoms with van der Waals surface area (Å²) in [4.78, 5) is 8.54. The van der Waals surface area contributed by atoms with Crippen LogP contribution in [0, 0.1) is 6.92 Å². The summed E-state index contributed by atoms with van der Waals surface area (Å²) in [5, 5.41) is 2.69. The summed E-state index contributed by atoms with van der Waals surface area (Å²) in [7, 11) is 0. The van der Waals surface area contributed by atoms with Crippen LogP contribution in [0.4, 0.5) is 0 Å². The first-order valence-corrected chi connectivity index (χ1v) is 6.27. The van der Waals surface area contributed by atoms with E-state index in [1.807, 2.05) is 19.2 Å². The fourth-order valence-electron chi connectivity index (χ4n) is 1.44. The molecule has 78 valence electrons. The van der Waals surface area contributed by atoms with Crippen LogP contribution in [0.5, 0.6) is 0 Å². The number of aryl methyl sites for hydroxylation is 1. The van der Waals surface area contributed by atoms with Crippen LogP contribution in [0.2, 0.25) is 10.2 Å². The number of benzene rings is 1. The van der Waals surface area contributed by atoms with Crippen molar-refractivity contribution in [3.8, 4) is 0 Å². The molecule has 0 bridgehead atoms. The summed E-state index contributed by atoms with van der Waals surface area (Å²) in [6, 6.07) is 3.66. The Kier molecular flexibility index (Phi) is 3.05. The van der Waals surface area contributed by atoms with E-state index in [9.17, 15) is 0 Å². The fraction of sp³-hybridized carbons (Fsp3) is 0.200. The smallest absolute Gasteiger partial charge is 0.189 e. The lowest BCUT2D eigenvalue weighted by Gasteiger charge is -2.05. The number of rotatable bonds is 1. The van der Waals surface area contributed by atoms with Crippen molar-refractivity contribution in [2.24, 2.45) is 0 Å². The van der Waals surface area contributed by atoms with Crippen LogP contribution < -0.4 is 0 Å². The van der Waals surface area contributed by atoms with Crippen molar-refractivity contribution in [3.63, 3.8) is 0 Å². The number of aromatic nitrogens is 2. The predicted molar refractivity (Wildman–Crippen MR) is 66.1 cm³/mol. The van der Waals surface area contributed by atoms with Gasteiger partial charge in [0, 0.05) is 10.4 Å². The van der Waals surface area contributed by atoms with Crippen LogP contribution in [0.1, 0.15) is 5.56 Å². The van der Waals surface area contributed by atoms with Gasteiger partial charge in [-0.15, -0.1) is 0 Å². The van der Waals surface area contributed by atoms with Gasteiger partial charge >= 0.3 is 0 Å². The number of hydrogen-bond acceptors (Lipinski definition) is 3. The van der Waals surface area contributed by atoms with Crippen molar-refractivity contribution in [2.75, 3.05) is 6.26 Å². The molecule has 1 aromatic heterocycles. The van der Waals surface area contributed by atoms with Crippen molar-refractivity contribution >= 4 is 45.9 Å². The van der Waals surface area contributed by atoms with Gasteiger partial charge in [0.2, 0.25) is 0 Å². The molecule has 0 atom stereocenters. The van der Waals surface area contributed by atoms with Gasteiger partial charge in [-0.2, -0.15) is 0 Å². The van der Waals surface area contributed by atoms with E-state index in [-0.39, 0.29) is 0 Å². The molecule has 2 rings (SSSR count). The number of nitrogens with zero attached hydrogens (tertiary/aromatic N) is 2. The van der Waals surface area contributed by atoms with E-state index in [1.165, 1.54) is 11.8 Å². The van der Waals surface area contributed by atoms with Crippen LogP contribution in [-0.4, -0.2) is 16.2 Å². The maximum Gasteiger partial charge on any atom is 0.189 e. The summed E-state index contributed by atoms with van der Waals surface area (Å²) in [5.41, 5.74) is 1.79. The predicted octanol–water partition coefficient (Wildman–Crippen LogP) is 3.97. The monoisotopic (exact) mass is 258 g/mol. The Morgan fingerprint density at radius 2 is 1.93 bits per heavy atom. The van der Waals surface area contributed by atoms with Crippen molar-refractivity contribution in [2.45, 2.75) is 12.1 Å². The number of thioether (sulfide) groups is 1. The molecule has 2 nitrogen and oxygen atoms in total. The molecular weight excluding hydrogens is 251 g/mol. The van der Waals surface area contributed by atoms with E-state index in [1.54, 1.807) is 6.07 Å². The molecule has 2 aromatic rings. The Morgan fingerprint density at radius 3 is 2.60 bits per heavy atom. The topological polar surface area (TPSA) is 25.8 Å². The molecule has 0 radical (unpaired) electrons. The third-order valence-corrected chi connectivity index (χ3v) is 3.12. The molecule has 5 heteroatoms. The summed E-state index contributed by atoms with van der Waals surface area (Å²) in [5.74, 6) is 0. The summed E-state index contributed by atoms with van der Waals surface area (Å²) < 4.78 is 0. The molecule has 1 aromatic carbocycles. The zero-order chi connectivity index (χ0) is 11.0. The minimum absolute atomic E-state index is 0.485. The molecule has 0 N–H and O–H groups in total. The molecule has 0 saturated carbocycles. The highest BCUT2D eigenvalue weighted by Crippen LogP contribution is 2.28. The summed E-state index contributed by atoms with van der Waals surface area (Å²) in [6.45, 7) is 1.95. The van der Waals surface area contributed by atoms with Gasteiger partial charge in [0.25, 0.3) is 0 Å². The largest absolute Gasteiger partial charge is 0.222 e. The Balaban J connectivity index is 2.85. The van der Waals surface area contributed by atoms with E-state index in [4.69, 9.17) is 23.2 Å². The van der Waals surface area contributed by atoms with Gasteiger partial charge < -0.3 is 0 Å². The molecule has 1 heterocycles. The minimum Gasteiger partial charge on any atom is -0.222 e. The molecule has 0 aliphatic heterocycles. The first-order valence-electron chi connectivity index (χ1n) is 4.29. The molecule has 0 fully saturated rings. The molecule has 0 saturated heterocycles. The van der Waals surface area contributed by atoms with Gasteiger partial charge in [0.15, 0.2) is 5.16 Å². The maximum atomic E-state index is 6.09. The van der Waals surface area contributed by atoms with Gasteiger partial charge in [-0.05, 0) is 30.9 Å². The number of hydrogen-bond donors (Lipinski definition) is 0. The highest BCUT2D eigenvalue weighted by atomic mass is 35.5. The van der Waals surface area contributed by atoms with Crippen molar-refractivity contribution in [3.05, 3.63) is 27.9 Å². The van der Waals surface area contributed by atoms with Crippen LogP contribution in [0.3, 0.4) is 0 Å². The van der Waals surface area contributed by atoms with Gasteiger partial charge in [0.1, 0.15) is 5.15 Å². The highest BCUT2D eigenvalue weighted by molar-refractivity contribution is 7.98. The SMILES string of the molecule is CSc1nc(Cl)c2c(C)cc(Cl)cc2n1. The molecule has 0 amide bonds. The van der Waals surface area contributed by atoms with Crippen molar-refractivity contribution < 1.29 is 0 Å². The second-order valence-electron chi connectivity index (χ2n) is 3.12. The Morgan fingerprint density at radius 1 is 1.20 bits per heavy atom. The van der Waals surface area contributed by atoms with E-state index in [0.29, 0.717) is 15.3 Å². The van der Waals surface area contributed by atoms with E-state index in [0.717, 1.165) is 16.5 Å². The first kappa shape index (κ1) is 11.0. The molecule has 0 aliphatic carbocycles. The quantitative estimate of drug-likeness (QED) is 0.440. The van der Waals surface area contributed by atoms with E-state index >= 15 is 0 Å². The van der Waals surface area contributed by atoms with Crippen molar-refractivity contribution in [1.29, 1.82) is 0 Å². The number of fused-ring (bicyclic) bond motifs is 1. The van der Waals surface area contributed by atoms with Crippen LogP contribution in [0.25, 0.3) is 10.9 Å². The second kappa shape index (κ2) is 4.16. The van der Waals surface area contributed by atoms with Crippen LogP contribution >= 0.6 is 35.0 Å². The van der Waals surface area contributed by atoms with Gasteiger partial charge in [-0.3, -0.25) is 0 Å². The summed E-state index contributed by atoms with van der Waals surface area (Å²) >= 11 is 13.5. The normalized spacial score (nSPS) is 10.9. The zero-order valence-electron chi connectivity index (χ0n) is 8.21.